The minimum Gasteiger partial charge on any atom is -0.480 e. The minimum absolute atomic E-state index is 0.459. The van der Waals surface area contributed by atoms with Crippen molar-refractivity contribution in [3.63, 3.8) is 0 Å². The molecule has 2 aromatic rings. The number of nitrogens with one attached hydrogen (secondary N) is 1. The Kier molecular flexibility index (Phi) is 4.81. The SMILES string of the molecule is CC(NCCc1cccs1)(C(=O)O)c1ccccc1Cl. The number of carbonyl (C=O) groups is 1. The van der Waals surface area contributed by atoms with Crippen LogP contribution in [0.1, 0.15) is 17.4 Å². The Labute approximate surface area is 127 Å². The number of hydrogen-bond acceptors (Lipinski definition) is 3. The van der Waals surface area contributed by atoms with E-state index < -0.39 is 11.5 Å². The van der Waals surface area contributed by atoms with E-state index in [0.717, 1.165) is 6.42 Å². The van der Waals surface area contributed by atoms with Gasteiger partial charge in [-0.2, -0.15) is 0 Å². The summed E-state index contributed by atoms with van der Waals surface area (Å²) in [4.78, 5) is 12.9. The number of benzene rings is 1. The van der Waals surface area contributed by atoms with Crippen molar-refractivity contribution in [2.45, 2.75) is 18.9 Å². The van der Waals surface area contributed by atoms with E-state index in [-0.39, 0.29) is 0 Å². The van der Waals surface area contributed by atoms with E-state index in [4.69, 9.17) is 11.6 Å². The number of thiophene rings is 1. The van der Waals surface area contributed by atoms with Crippen LogP contribution in [0.15, 0.2) is 41.8 Å². The van der Waals surface area contributed by atoms with Gasteiger partial charge >= 0.3 is 5.97 Å². The van der Waals surface area contributed by atoms with Crippen LogP contribution in [0.4, 0.5) is 0 Å². The molecule has 0 saturated heterocycles. The van der Waals surface area contributed by atoms with Crippen molar-refractivity contribution in [3.8, 4) is 0 Å². The molecule has 1 unspecified atom stereocenters. The molecule has 106 valence electrons. The van der Waals surface area contributed by atoms with E-state index in [1.165, 1.54) is 4.88 Å². The summed E-state index contributed by atoms with van der Waals surface area (Å²) in [5, 5.41) is 15.1. The smallest absolute Gasteiger partial charge is 0.328 e. The molecular formula is C15H16ClNO2S. The van der Waals surface area contributed by atoms with Crippen LogP contribution in [-0.4, -0.2) is 17.6 Å². The summed E-state index contributed by atoms with van der Waals surface area (Å²) < 4.78 is 0. The quantitative estimate of drug-likeness (QED) is 0.858. The first-order chi connectivity index (χ1) is 9.54. The summed E-state index contributed by atoms with van der Waals surface area (Å²) in [6.07, 6.45) is 0.797. The lowest BCUT2D eigenvalue weighted by Crippen LogP contribution is -2.47. The third-order valence-corrected chi connectivity index (χ3v) is 4.54. The lowest BCUT2D eigenvalue weighted by Gasteiger charge is -2.27. The van der Waals surface area contributed by atoms with Crippen molar-refractivity contribution in [1.29, 1.82) is 0 Å². The molecule has 0 radical (unpaired) electrons. The molecule has 1 aromatic carbocycles. The maximum atomic E-state index is 11.6. The molecular weight excluding hydrogens is 294 g/mol. The average molecular weight is 310 g/mol. The highest BCUT2D eigenvalue weighted by Crippen LogP contribution is 2.28. The van der Waals surface area contributed by atoms with Crippen LogP contribution in [0, 0.1) is 0 Å². The Bertz CT molecular complexity index is 585. The van der Waals surface area contributed by atoms with Gasteiger partial charge in [-0.05, 0) is 30.9 Å². The van der Waals surface area contributed by atoms with Gasteiger partial charge < -0.3 is 5.11 Å². The van der Waals surface area contributed by atoms with E-state index in [2.05, 4.69) is 5.32 Å². The van der Waals surface area contributed by atoms with Gasteiger partial charge in [-0.1, -0.05) is 35.9 Å². The van der Waals surface area contributed by atoms with Crippen LogP contribution in [-0.2, 0) is 16.8 Å². The molecule has 5 heteroatoms. The maximum absolute atomic E-state index is 11.6. The summed E-state index contributed by atoms with van der Waals surface area (Å²) in [7, 11) is 0. The molecule has 2 N–H and O–H groups in total. The van der Waals surface area contributed by atoms with Crippen molar-refractivity contribution in [2.24, 2.45) is 0 Å². The molecule has 0 fully saturated rings. The van der Waals surface area contributed by atoms with Gasteiger partial charge in [-0.15, -0.1) is 11.3 Å². The molecule has 0 aliphatic heterocycles. The number of carboxylic acid groups (broad SMARTS) is 1. The summed E-state index contributed by atoms with van der Waals surface area (Å²) in [6.45, 7) is 2.22. The van der Waals surface area contributed by atoms with Gasteiger partial charge in [0.2, 0.25) is 0 Å². The molecule has 0 saturated carbocycles. The van der Waals surface area contributed by atoms with Crippen LogP contribution in [0.5, 0.6) is 0 Å². The first-order valence-corrected chi connectivity index (χ1v) is 7.55. The predicted octanol–water partition coefficient (Wildman–Crippen LogP) is 3.53. The topological polar surface area (TPSA) is 49.3 Å². The van der Waals surface area contributed by atoms with Gasteiger partial charge in [0.1, 0.15) is 5.54 Å². The fourth-order valence-corrected chi connectivity index (χ4v) is 3.08. The second kappa shape index (κ2) is 6.39. The van der Waals surface area contributed by atoms with Crippen molar-refractivity contribution in [2.75, 3.05) is 6.54 Å². The molecule has 2 rings (SSSR count). The number of rotatable bonds is 6. The van der Waals surface area contributed by atoms with Gasteiger partial charge in [-0.25, -0.2) is 4.79 Å². The zero-order chi connectivity index (χ0) is 14.6. The Morgan fingerprint density at radius 3 is 2.70 bits per heavy atom. The highest BCUT2D eigenvalue weighted by Gasteiger charge is 2.36. The first kappa shape index (κ1) is 15.0. The monoisotopic (exact) mass is 309 g/mol. The molecule has 0 amide bonds. The molecule has 1 atom stereocenters. The molecule has 1 heterocycles. The number of hydrogen-bond donors (Lipinski definition) is 2. The summed E-state index contributed by atoms with van der Waals surface area (Å²) in [6, 6.07) is 11.1. The predicted molar refractivity (Wildman–Crippen MR) is 82.5 cm³/mol. The van der Waals surface area contributed by atoms with Crippen LogP contribution in [0.3, 0.4) is 0 Å². The number of halogens is 1. The van der Waals surface area contributed by atoms with Crippen LogP contribution >= 0.6 is 22.9 Å². The largest absolute Gasteiger partial charge is 0.480 e. The molecule has 0 aliphatic carbocycles. The Balaban J connectivity index is 2.14. The standard InChI is InChI=1S/C15H16ClNO2S/c1-15(14(18)19,12-6-2-3-7-13(12)16)17-9-8-11-5-4-10-20-11/h2-7,10,17H,8-9H2,1H3,(H,18,19). The molecule has 1 aromatic heterocycles. The van der Waals surface area contributed by atoms with Crippen LogP contribution in [0.2, 0.25) is 5.02 Å². The van der Waals surface area contributed by atoms with Gasteiger partial charge in [-0.3, -0.25) is 5.32 Å². The maximum Gasteiger partial charge on any atom is 0.328 e. The third-order valence-electron chi connectivity index (χ3n) is 3.27. The van der Waals surface area contributed by atoms with Crippen LogP contribution in [0.25, 0.3) is 0 Å². The highest BCUT2D eigenvalue weighted by molar-refractivity contribution is 7.09. The lowest BCUT2D eigenvalue weighted by molar-refractivity contribution is -0.144. The van der Waals surface area contributed by atoms with E-state index in [0.29, 0.717) is 17.1 Å². The van der Waals surface area contributed by atoms with Gasteiger partial charge in [0, 0.05) is 22.0 Å². The number of aliphatic carboxylic acids is 1. The van der Waals surface area contributed by atoms with Gasteiger partial charge in [0.25, 0.3) is 0 Å². The molecule has 0 aliphatic rings. The van der Waals surface area contributed by atoms with Crippen molar-refractivity contribution >= 4 is 28.9 Å². The minimum atomic E-state index is -1.18. The molecule has 3 nitrogen and oxygen atoms in total. The average Bonchev–Trinajstić information content (AvgIpc) is 2.92. The van der Waals surface area contributed by atoms with Gasteiger partial charge in [0.15, 0.2) is 0 Å². The molecule has 0 spiro atoms. The van der Waals surface area contributed by atoms with Crippen molar-refractivity contribution in [1.82, 2.24) is 5.32 Å². The third kappa shape index (κ3) is 3.20. The normalized spacial score (nSPS) is 13.9. The number of carboxylic acids is 1. The highest BCUT2D eigenvalue weighted by atomic mass is 35.5. The molecule has 20 heavy (non-hydrogen) atoms. The Morgan fingerprint density at radius 2 is 2.10 bits per heavy atom. The summed E-state index contributed by atoms with van der Waals surface area (Å²) in [5.41, 5.74) is -0.601. The zero-order valence-corrected chi connectivity index (χ0v) is 12.7. The van der Waals surface area contributed by atoms with E-state index in [1.807, 2.05) is 17.5 Å². The van der Waals surface area contributed by atoms with Crippen LogP contribution < -0.4 is 5.32 Å². The molecule has 0 bridgehead atoms. The lowest BCUT2D eigenvalue weighted by atomic mass is 9.92. The second-order valence-corrected chi connectivity index (χ2v) is 6.11. The van der Waals surface area contributed by atoms with E-state index in [1.54, 1.807) is 42.5 Å². The fraction of sp³-hybridized carbons (Fsp3) is 0.267. The van der Waals surface area contributed by atoms with E-state index >= 15 is 0 Å². The Hall–Kier alpha value is -1.36. The van der Waals surface area contributed by atoms with Crippen molar-refractivity contribution in [3.05, 3.63) is 57.2 Å². The Morgan fingerprint density at radius 1 is 1.35 bits per heavy atom. The second-order valence-electron chi connectivity index (χ2n) is 4.67. The summed E-state index contributed by atoms with van der Waals surface area (Å²) in [5.74, 6) is -0.934. The summed E-state index contributed by atoms with van der Waals surface area (Å²) >= 11 is 7.80. The zero-order valence-electron chi connectivity index (χ0n) is 11.1. The first-order valence-electron chi connectivity index (χ1n) is 6.30. The van der Waals surface area contributed by atoms with Gasteiger partial charge in [0.05, 0.1) is 0 Å². The van der Waals surface area contributed by atoms with Crippen molar-refractivity contribution < 1.29 is 9.90 Å². The van der Waals surface area contributed by atoms with E-state index in [9.17, 15) is 9.90 Å². The fourth-order valence-electron chi connectivity index (χ4n) is 2.04.